The van der Waals surface area contributed by atoms with Crippen molar-refractivity contribution in [2.75, 3.05) is 19.7 Å². The standard InChI is InChI=1S/C23H31N5O4/c1-14(2)21(29)26-10-8-16-15(13-26)22(30)28-20(24-16)12-17(25-28)18-6-3-4-9-27(18)23(31)19-7-5-11-32-19/h12,14,18-19,25H,3-11,13H2,1-2H3/t18-,19+/m0/s1. The molecule has 0 saturated carbocycles. The first-order valence-corrected chi connectivity index (χ1v) is 11.8. The Hall–Kier alpha value is -2.68. The second-order valence-electron chi connectivity index (χ2n) is 9.46. The number of fused-ring (bicyclic) bond motifs is 2. The molecule has 0 radical (unpaired) electrons. The molecular weight excluding hydrogens is 410 g/mol. The minimum atomic E-state index is -0.349. The van der Waals surface area contributed by atoms with Gasteiger partial charge in [-0.3, -0.25) is 19.5 Å². The summed E-state index contributed by atoms with van der Waals surface area (Å²) in [5.74, 6) is -0.00198. The van der Waals surface area contributed by atoms with E-state index in [1.165, 1.54) is 4.52 Å². The molecule has 2 saturated heterocycles. The fourth-order valence-corrected chi connectivity index (χ4v) is 5.20. The zero-order valence-electron chi connectivity index (χ0n) is 18.8. The Bertz CT molecular complexity index is 1100. The van der Waals surface area contributed by atoms with Gasteiger partial charge >= 0.3 is 0 Å². The molecule has 5 heterocycles. The van der Waals surface area contributed by atoms with Crippen LogP contribution in [0.15, 0.2) is 10.9 Å². The van der Waals surface area contributed by atoms with Gasteiger partial charge in [-0.2, -0.15) is 0 Å². The van der Waals surface area contributed by atoms with Gasteiger partial charge in [0.05, 0.1) is 29.5 Å². The van der Waals surface area contributed by atoms with E-state index in [1.807, 2.05) is 24.8 Å². The number of H-pyrrole nitrogens is 1. The quantitative estimate of drug-likeness (QED) is 0.783. The predicted octanol–water partition coefficient (Wildman–Crippen LogP) is 1.80. The van der Waals surface area contributed by atoms with Crippen molar-refractivity contribution in [2.45, 2.75) is 71.1 Å². The lowest BCUT2D eigenvalue weighted by Crippen LogP contribution is -2.44. The molecule has 2 aromatic heterocycles. The molecule has 3 aliphatic rings. The zero-order chi connectivity index (χ0) is 22.4. The minimum absolute atomic E-state index is 0.0493. The van der Waals surface area contributed by atoms with Crippen molar-refractivity contribution in [2.24, 2.45) is 5.92 Å². The van der Waals surface area contributed by atoms with Crippen molar-refractivity contribution in [1.29, 1.82) is 0 Å². The molecule has 9 nitrogen and oxygen atoms in total. The second kappa shape index (κ2) is 8.35. The fourth-order valence-electron chi connectivity index (χ4n) is 5.20. The van der Waals surface area contributed by atoms with Gasteiger partial charge in [0.15, 0.2) is 5.65 Å². The highest BCUT2D eigenvalue weighted by atomic mass is 16.5. The van der Waals surface area contributed by atoms with E-state index >= 15 is 0 Å². The summed E-state index contributed by atoms with van der Waals surface area (Å²) < 4.78 is 7.12. The zero-order valence-corrected chi connectivity index (χ0v) is 18.8. The van der Waals surface area contributed by atoms with Crippen molar-refractivity contribution in [3.63, 3.8) is 0 Å². The molecule has 2 aromatic rings. The summed E-state index contributed by atoms with van der Waals surface area (Å²) >= 11 is 0. The van der Waals surface area contributed by atoms with E-state index in [-0.39, 0.29) is 35.4 Å². The van der Waals surface area contributed by atoms with Crippen LogP contribution in [0, 0.1) is 5.92 Å². The number of hydrogen-bond donors (Lipinski definition) is 1. The summed E-state index contributed by atoms with van der Waals surface area (Å²) in [6, 6.07) is 1.79. The summed E-state index contributed by atoms with van der Waals surface area (Å²) in [5.41, 5.74) is 2.59. The predicted molar refractivity (Wildman–Crippen MR) is 117 cm³/mol. The van der Waals surface area contributed by atoms with Crippen LogP contribution in [0.1, 0.15) is 68.9 Å². The Kier molecular flexibility index (Phi) is 5.53. The molecule has 0 aromatic carbocycles. The number of piperidine rings is 1. The average molecular weight is 442 g/mol. The van der Waals surface area contributed by atoms with E-state index in [0.29, 0.717) is 43.9 Å². The molecule has 1 N–H and O–H groups in total. The lowest BCUT2D eigenvalue weighted by atomic mass is 9.98. The first-order valence-electron chi connectivity index (χ1n) is 11.8. The molecule has 0 aliphatic carbocycles. The second-order valence-corrected chi connectivity index (χ2v) is 9.46. The lowest BCUT2D eigenvalue weighted by molar-refractivity contribution is -0.145. The number of amides is 2. The van der Waals surface area contributed by atoms with Gasteiger partial charge in [-0.05, 0) is 32.1 Å². The van der Waals surface area contributed by atoms with Gasteiger partial charge in [-0.15, -0.1) is 0 Å². The van der Waals surface area contributed by atoms with E-state index in [1.54, 1.807) is 4.90 Å². The van der Waals surface area contributed by atoms with E-state index < -0.39 is 0 Å². The first kappa shape index (κ1) is 21.2. The Morgan fingerprint density at radius 2 is 2.03 bits per heavy atom. The number of nitrogens with one attached hydrogen (secondary N) is 1. The van der Waals surface area contributed by atoms with Crippen LogP contribution in [0.4, 0.5) is 0 Å². The van der Waals surface area contributed by atoms with Crippen LogP contribution in [-0.4, -0.2) is 62.0 Å². The van der Waals surface area contributed by atoms with Gasteiger partial charge in [-0.25, -0.2) is 9.50 Å². The van der Waals surface area contributed by atoms with Crippen LogP contribution < -0.4 is 5.56 Å². The third kappa shape index (κ3) is 3.62. The molecule has 9 heteroatoms. The number of rotatable bonds is 3. The Morgan fingerprint density at radius 1 is 1.19 bits per heavy atom. The molecule has 2 atom stereocenters. The number of likely N-dealkylation sites (tertiary alicyclic amines) is 1. The monoisotopic (exact) mass is 441 g/mol. The number of aromatic amines is 1. The Balaban J connectivity index is 1.47. The number of carbonyl (C=O) groups excluding carboxylic acids is 2. The van der Waals surface area contributed by atoms with E-state index in [0.717, 1.165) is 43.5 Å². The molecule has 0 bridgehead atoms. The maximum Gasteiger partial charge on any atom is 0.277 e. The van der Waals surface area contributed by atoms with Crippen LogP contribution in [0.25, 0.3) is 5.65 Å². The summed E-state index contributed by atoms with van der Waals surface area (Å²) in [6.45, 7) is 5.96. The average Bonchev–Trinajstić information content (AvgIpc) is 3.48. The van der Waals surface area contributed by atoms with Gasteiger partial charge in [0.25, 0.3) is 11.5 Å². The minimum Gasteiger partial charge on any atom is -0.368 e. The van der Waals surface area contributed by atoms with Crippen molar-refractivity contribution in [1.82, 2.24) is 24.4 Å². The summed E-state index contributed by atoms with van der Waals surface area (Å²) in [4.78, 5) is 47.2. The topological polar surface area (TPSA) is 100 Å². The Morgan fingerprint density at radius 3 is 2.78 bits per heavy atom. The molecule has 2 amide bonds. The number of hydrogen-bond acceptors (Lipinski definition) is 5. The maximum absolute atomic E-state index is 13.3. The smallest absolute Gasteiger partial charge is 0.277 e. The van der Waals surface area contributed by atoms with Crippen LogP contribution in [0.5, 0.6) is 0 Å². The molecule has 2 fully saturated rings. The first-order chi connectivity index (χ1) is 15.4. The van der Waals surface area contributed by atoms with E-state index in [4.69, 9.17) is 9.72 Å². The van der Waals surface area contributed by atoms with Gasteiger partial charge in [-0.1, -0.05) is 13.8 Å². The number of ether oxygens (including phenoxy) is 1. The van der Waals surface area contributed by atoms with E-state index in [2.05, 4.69) is 5.10 Å². The highest BCUT2D eigenvalue weighted by Gasteiger charge is 2.35. The van der Waals surface area contributed by atoms with Crippen molar-refractivity contribution in [3.8, 4) is 0 Å². The van der Waals surface area contributed by atoms with Crippen LogP contribution in [0.2, 0.25) is 0 Å². The van der Waals surface area contributed by atoms with Crippen molar-refractivity contribution in [3.05, 3.63) is 33.4 Å². The third-order valence-corrected chi connectivity index (χ3v) is 6.94. The maximum atomic E-state index is 13.3. The largest absolute Gasteiger partial charge is 0.368 e. The highest BCUT2D eigenvalue weighted by Crippen LogP contribution is 2.32. The number of nitrogens with zero attached hydrogens (tertiary/aromatic N) is 4. The number of aromatic nitrogens is 3. The molecule has 3 aliphatic heterocycles. The van der Waals surface area contributed by atoms with Gasteiger partial charge < -0.3 is 14.5 Å². The third-order valence-electron chi connectivity index (χ3n) is 6.94. The summed E-state index contributed by atoms with van der Waals surface area (Å²) in [7, 11) is 0. The fraction of sp³-hybridized carbons (Fsp3) is 0.652. The molecule has 32 heavy (non-hydrogen) atoms. The summed E-state index contributed by atoms with van der Waals surface area (Å²) in [5, 5.41) is 3.23. The summed E-state index contributed by atoms with van der Waals surface area (Å²) in [6.07, 6.45) is 4.76. The molecule has 172 valence electrons. The van der Waals surface area contributed by atoms with Crippen LogP contribution >= 0.6 is 0 Å². The number of carbonyl (C=O) groups is 2. The van der Waals surface area contributed by atoms with Gasteiger partial charge in [0.2, 0.25) is 5.91 Å². The lowest BCUT2D eigenvalue weighted by Gasteiger charge is -2.36. The molecule has 0 spiro atoms. The van der Waals surface area contributed by atoms with Gasteiger partial charge in [0.1, 0.15) is 6.10 Å². The van der Waals surface area contributed by atoms with Crippen LogP contribution in [0.3, 0.4) is 0 Å². The Labute approximate surface area is 186 Å². The van der Waals surface area contributed by atoms with Crippen molar-refractivity contribution < 1.29 is 14.3 Å². The molecule has 5 rings (SSSR count). The SMILES string of the molecule is CC(C)C(=O)N1CCc2nc3cc([C@@H]4CCCCN4C(=O)[C@H]4CCCO4)[nH]n3c(=O)c2C1. The van der Waals surface area contributed by atoms with Crippen LogP contribution in [-0.2, 0) is 27.3 Å². The van der Waals surface area contributed by atoms with E-state index in [9.17, 15) is 14.4 Å². The van der Waals surface area contributed by atoms with Crippen molar-refractivity contribution >= 4 is 17.5 Å². The molecule has 0 unspecified atom stereocenters. The normalized spacial score (nSPS) is 23.7. The molecular formula is C23H31N5O4. The van der Waals surface area contributed by atoms with Gasteiger partial charge in [0, 0.05) is 38.1 Å². The highest BCUT2D eigenvalue weighted by molar-refractivity contribution is 5.81.